The van der Waals surface area contributed by atoms with Gasteiger partial charge in [-0.2, -0.15) is 4.99 Å². The van der Waals surface area contributed by atoms with Gasteiger partial charge in [-0.25, -0.2) is 4.79 Å². The highest BCUT2D eigenvalue weighted by atomic mass is 35.5. The number of aliphatic imine (C=N–C) groups is 1. The van der Waals surface area contributed by atoms with Crippen molar-refractivity contribution in [2.75, 3.05) is 14.2 Å². The predicted octanol–water partition coefficient (Wildman–Crippen LogP) is 2.99. The van der Waals surface area contributed by atoms with Crippen LogP contribution in [0.2, 0.25) is 5.02 Å². The molecule has 1 fully saturated rings. The lowest BCUT2D eigenvalue weighted by Gasteiger charge is -2.19. The minimum Gasteiger partial charge on any atom is -0.493 e. The monoisotopic (exact) mass is 267 g/mol. The van der Waals surface area contributed by atoms with E-state index in [4.69, 9.17) is 21.1 Å². The van der Waals surface area contributed by atoms with Crippen molar-refractivity contribution < 1.29 is 14.3 Å². The number of benzene rings is 1. The average Bonchev–Trinajstić information content (AvgIpc) is 3.12. The van der Waals surface area contributed by atoms with Gasteiger partial charge in [0, 0.05) is 5.56 Å². The Bertz CT molecular complexity index is 532. The van der Waals surface area contributed by atoms with Crippen LogP contribution in [0.1, 0.15) is 24.0 Å². The quantitative estimate of drug-likeness (QED) is 0.622. The fraction of sp³-hybridized carbons (Fsp3) is 0.462. The lowest BCUT2D eigenvalue weighted by molar-refractivity contribution is 0.348. The van der Waals surface area contributed by atoms with Crippen LogP contribution in [-0.4, -0.2) is 20.3 Å². The molecule has 2 rings (SSSR count). The molecule has 1 aliphatic rings. The van der Waals surface area contributed by atoms with Crippen LogP contribution in [0.3, 0.4) is 0 Å². The second kappa shape index (κ2) is 4.63. The van der Waals surface area contributed by atoms with E-state index in [0.717, 1.165) is 24.0 Å². The molecule has 5 heteroatoms. The smallest absolute Gasteiger partial charge is 0.235 e. The molecule has 0 radical (unpaired) electrons. The van der Waals surface area contributed by atoms with E-state index in [2.05, 4.69) is 4.99 Å². The van der Waals surface area contributed by atoms with Gasteiger partial charge in [-0.15, -0.1) is 0 Å². The molecule has 0 N–H and O–H groups in total. The molecular formula is C13H14ClNO3. The summed E-state index contributed by atoms with van der Waals surface area (Å²) in [6.07, 6.45) is 3.16. The molecule has 18 heavy (non-hydrogen) atoms. The molecule has 0 heterocycles. The summed E-state index contributed by atoms with van der Waals surface area (Å²) in [4.78, 5) is 14.5. The lowest BCUT2D eigenvalue weighted by Crippen LogP contribution is -2.08. The minimum atomic E-state index is -0.580. The van der Waals surface area contributed by atoms with Crippen molar-refractivity contribution in [3.8, 4) is 11.5 Å². The number of methoxy groups -OCH3 is 2. The Morgan fingerprint density at radius 2 is 2.06 bits per heavy atom. The molecular weight excluding hydrogens is 254 g/mol. The second-order valence-electron chi connectivity index (χ2n) is 4.35. The van der Waals surface area contributed by atoms with Crippen molar-refractivity contribution in [3.63, 3.8) is 0 Å². The molecule has 0 amide bonds. The first kappa shape index (κ1) is 12.9. The summed E-state index contributed by atoms with van der Waals surface area (Å²) in [5, 5.41) is 0.573. The van der Waals surface area contributed by atoms with Crippen molar-refractivity contribution in [3.05, 3.63) is 22.2 Å². The summed E-state index contributed by atoms with van der Waals surface area (Å²) >= 11 is 6.34. The third-order valence-electron chi connectivity index (χ3n) is 3.24. The van der Waals surface area contributed by atoms with E-state index in [1.807, 2.05) is 13.0 Å². The third kappa shape index (κ3) is 1.88. The van der Waals surface area contributed by atoms with Crippen molar-refractivity contribution >= 4 is 17.7 Å². The Labute approximate surface area is 111 Å². The lowest BCUT2D eigenvalue weighted by atomic mass is 10.0. The van der Waals surface area contributed by atoms with Gasteiger partial charge in [-0.1, -0.05) is 11.6 Å². The number of carbonyl (C=O) groups excluding carboxylic acids is 1. The Kier molecular flexibility index (Phi) is 3.33. The Morgan fingerprint density at radius 1 is 1.39 bits per heavy atom. The van der Waals surface area contributed by atoms with Crippen LogP contribution in [0, 0.1) is 6.92 Å². The van der Waals surface area contributed by atoms with Gasteiger partial charge in [0.1, 0.15) is 5.54 Å². The van der Waals surface area contributed by atoms with Gasteiger partial charge in [0.05, 0.1) is 19.2 Å². The minimum absolute atomic E-state index is 0.546. The fourth-order valence-corrected chi connectivity index (χ4v) is 2.46. The number of hydrogen-bond donors (Lipinski definition) is 0. The van der Waals surface area contributed by atoms with Crippen LogP contribution in [0.5, 0.6) is 11.5 Å². The van der Waals surface area contributed by atoms with Gasteiger partial charge in [0.25, 0.3) is 0 Å². The largest absolute Gasteiger partial charge is 0.493 e. The topological polar surface area (TPSA) is 47.9 Å². The SMILES string of the molecule is COc1cc(C)c(Cl)c(C2(N=C=O)CC2)c1OC. The first-order valence-electron chi connectivity index (χ1n) is 5.60. The molecule has 0 aromatic heterocycles. The second-order valence-corrected chi connectivity index (χ2v) is 4.73. The zero-order valence-electron chi connectivity index (χ0n) is 10.5. The van der Waals surface area contributed by atoms with E-state index >= 15 is 0 Å². The van der Waals surface area contributed by atoms with Crippen molar-refractivity contribution in [1.29, 1.82) is 0 Å². The molecule has 0 atom stereocenters. The zero-order chi connectivity index (χ0) is 13.3. The molecule has 0 unspecified atom stereocenters. The molecule has 0 bridgehead atoms. The number of halogens is 1. The van der Waals surface area contributed by atoms with Gasteiger partial charge in [-0.3, -0.25) is 0 Å². The Balaban J connectivity index is 2.71. The average molecular weight is 268 g/mol. The molecule has 0 aliphatic heterocycles. The first-order valence-corrected chi connectivity index (χ1v) is 5.98. The van der Waals surface area contributed by atoms with Crippen LogP contribution in [0.15, 0.2) is 11.1 Å². The maximum atomic E-state index is 10.6. The Hall–Kier alpha value is -1.51. The maximum Gasteiger partial charge on any atom is 0.235 e. The normalized spacial score (nSPS) is 15.8. The van der Waals surface area contributed by atoms with Crippen molar-refractivity contribution in [1.82, 2.24) is 0 Å². The van der Waals surface area contributed by atoms with Gasteiger partial charge < -0.3 is 9.47 Å². The summed E-state index contributed by atoms with van der Waals surface area (Å²) in [6.45, 7) is 1.88. The summed E-state index contributed by atoms with van der Waals surface area (Å²) in [7, 11) is 3.12. The van der Waals surface area contributed by atoms with Crippen LogP contribution in [-0.2, 0) is 10.3 Å². The van der Waals surface area contributed by atoms with Crippen molar-refractivity contribution in [2.24, 2.45) is 4.99 Å². The molecule has 0 spiro atoms. The number of aryl methyl sites for hydroxylation is 1. The van der Waals surface area contributed by atoms with E-state index in [0.29, 0.717) is 16.5 Å². The number of nitrogens with zero attached hydrogens (tertiary/aromatic N) is 1. The molecule has 96 valence electrons. The third-order valence-corrected chi connectivity index (χ3v) is 3.72. The first-order chi connectivity index (χ1) is 8.59. The number of ether oxygens (including phenoxy) is 2. The molecule has 4 nitrogen and oxygen atoms in total. The number of rotatable bonds is 4. The highest BCUT2D eigenvalue weighted by molar-refractivity contribution is 6.32. The van der Waals surface area contributed by atoms with E-state index in [-0.39, 0.29) is 0 Å². The molecule has 1 aromatic rings. The summed E-state index contributed by atoms with van der Waals surface area (Å²) < 4.78 is 10.7. The highest BCUT2D eigenvalue weighted by Crippen LogP contribution is 2.57. The predicted molar refractivity (Wildman–Crippen MR) is 68.3 cm³/mol. The molecule has 1 aromatic carbocycles. The van der Waals surface area contributed by atoms with Gasteiger partial charge in [0.2, 0.25) is 6.08 Å². The Morgan fingerprint density at radius 3 is 2.50 bits per heavy atom. The van der Waals surface area contributed by atoms with Crippen LogP contribution < -0.4 is 9.47 Å². The zero-order valence-corrected chi connectivity index (χ0v) is 11.3. The standard InChI is InChI=1S/C13H14ClNO3/c1-8-6-9(17-2)12(18-3)10(11(8)14)13(4-5-13)15-7-16/h6H,4-5H2,1-3H3. The van der Waals surface area contributed by atoms with Gasteiger partial charge in [0.15, 0.2) is 11.5 Å². The van der Waals surface area contributed by atoms with Crippen LogP contribution in [0.25, 0.3) is 0 Å². The summed E-state index contributed by atoms with van der Waals surface area (Å²) in [6, 6.07) is 1.81. The van der Waals surface area contributed by atoms with E-state index in [9.17, 15) is 4.79 Å². The maximum absolute atomic E-state index is 10.6. The van der Waals surface area contributed by atoms with Gasteiger partial charge >= 0.3 is 0 Å². The summed E-state index contributed by atoms with van der Waals surface area (Å²) in [5.41, 5.74) is 1.02. The van der Waals surface area contributed by atoms with E-state index in [1.165, 1.54) is 0 Å². The van der Waals surface area contributed by atoms with Crippen LogP contribution in [0.4, 0.5) is 0 Å². The highest BCUT2D eigenvalue weighted by Gasteiger charge is 2.49. The van der Waals surface area contributed by atoms with Gasteiger partial charge in [-0.05, 0) is 31.4 Å². The number of hydrogen-bond acceptors (Lipinski definition) is 4. The molecule has 1 saturated carbocycles. The summed E-state index contributed by atoms with van der Waals surface area (Å²) in [5.74, 6) is 1.14. The molecule has 0 saturated heterocycles. The number of isocyanates is 1. The van der Waals surface area contributed by atoms with E-state index < -0.39 is 5.54 Å². The molecule has 1 aliphatic carbocycles. The van der Waals surface area contributed by atoms with E-state index in [1.54, 1.807) is 20.3 Å². The van der Waals surface area contributed by atoms with Crippen molar-refractivity contribution in [2.45, 2.75) is 25.3 Å². The van der Waals surface area contributed by atoms with Crippen LogP contribution >= 0.6 is 11.6 Å². The fourth-order valence-electron chi connectivity index (χ4n) is 2.14.